The Morgan fingerprint density at radius 3 is 2.39 bits per heavy atom. The van der Waals surface area contributed by atoms with Crippen molar-refractivity contribution in [2.24, 2.45) is 0 Å². The second kappa shape index (κ2) is 7.96. The molecule has 0 unspecified atom stereocenters. The van der Waals surface area contributed by atoms with Crippen LogP contribution in [0.25, 0.3) is 0 Å². The van der Waals surface area contributed by atoms with Gasteiger partial charge >= 0.3 is 0 Å². The summed E-state index contributed by atoms with van der Waals surface area (Å²) in [4.78, 5) is 22.9. The molecule has 23 heavy (non-hydrogen) atoms. The van der Waals surface area contributed by atoms with Gasteiger partial charge in [-0.15, -0.1) is 0 Å². The topological polar surface area (TPSA) is 67.4 Å². The zero-order chi connectivity index (χ0) is 16.8. The predicted octanol–water partition coefficient (Wildman–Crippen LogP) is 3.58. The highest BCUT2D eigenvalue weighted by Crippen LogP contribution is 2.18. The number of ether oxygens (including phenoxy) is 1. The van der Waals surface area contributed by atoms with Crippen LogP contribution in [0, 0.1) is 10.5 Å². The minimum Gasteiger partial charge on any atom is -0.484 e. The number of nitrogens with one attached hydrogen (secondary N) is 2. The van der Waals surface area contributed by atoms with Gasteiger partial charge in [0.2, 0.25) is 5.91 Å². The molecule has 2 aromatic rings. The maximum atomic E-state index is 11.9. The zero-order valence-corrected chi connectivity index (χ0v) is 15.0. The fraction of sp³-hybridized carbons (Fsp3) is 0.176. The van der Waals surface area contributed by atoms with Gasteiger partial charge < -0.3 is 15.4 Å². The van der Waals surface area contributed by atoms with Gasteiger partial charge in [0.05, 0.1) is 0 Å². The average molecular weight is 424 g/mol. The van der Waals surface area contributed by atoms with E-state index in [-0.39, 0.29) is 18.4 Å². The van der Waals surface area contributed by atoms with Crippen LogP contribution in [0.5, 0.6) is 5.75 Å². The van der Waals surface area contributed by atoms with Crippen molar-refractivity contribution in [3.63, 3.8) is 0 Å². The summed E-state index contributed by atoms with van der Waals surface area (Å²) in [5, 5.41) is 5.49. The summed E-state index contributed by atoms with van der Waals surface area (Å²) in [7, 11) is 0. The van der Waals surface area contributed by atoms with Crippen LogP contribution in [0.2, 0.25) is 0 Å². The van der Waals surface area contributed by atoms with Gasteiger partial charge in [-0.05, 0) is 77.5 Å². The molecule has 0 aliphatic heterocycles. The molecular weight excluding hydrogens is 407 g/mol. The molecule has 2 amide bonds. The van der Waals surface area contributed by atoms with E-state index in [4.69, 9.17) is 4.74 Å². The Kier molecular flexibility index (Phi) is 5.97. The van der Waals surface area contributed by atoms with Crippen LogP contribution in [0.15, 0.2) is 42.5 Å². The molecule has 0 fully saturated rings. The third kappa shape index (κ3) is 5.55. The predicted molar refractivity (Wildman–Crippen MR) is 98.8 cm³/mol. The number of carbonyl (C=O) groups is 2. The minimum atomic E-state index is -0.222. The summed E-state index contributed by atoms with van der Waals surface area (Å²) in [6.07, 6.45) is 0. The highest BCUT2D eigenvalue weighted by atomic mass is 127. The van der Waals surface area contributed by atoms with Gasteiger partial charge in [-0.3, -0.25) is 9.59 Å². The Balaban J connectivity index is 1.87. The van der Waals surface area contributed by atoms with Crippen LogP contribution in [0.1, 0.15) is 12.5 Å². The second-order valence-corrected chi connectivity index (χ2v) is 6.25. The first kappa shape index (κ1) is 17.3. The van der Waals surface area contributed by atoms with Gasteiger partial charge in [0.15, 0.2) is 6.61 Å². The largest absolute Gasteiger partial charge is 0.484 e. The lowest BCUT2D eigenvalue weighted by Crippen LogP contribution is -2.20. The van der Waals surface area contributed by atoms with Crippen molar-refractivity contribution < 1.29 is 14.3 Å². The van der Waals surface area contributed by atoms with Crippen molar-refractivity contribution in [2.75, 3.05) is 17.2 Å². The Bertz CT molecular complexity index is 714. The fourth-order valence-electron chi connectivity index (χ4n) is 1.94. The SMILES string of the molecule is CC(=O)Nc1ccc(OCC(=O)Nc2ccc(I)cc2C)cc1. The summed E-state index contributed by atoms with van der Waals surface area (Å²) < 4.78 is 6.56. The summed E-state index contributed by atoms with van der Waals surface area (Å²) in [6, 6.07) is 12.7. The summed E-state index contributed by atoms with van der Waals surface area (Å²) in [5.74, 6) is 0.208. The van der Waals surface area contributed by atoms with Gasteiger partial charge in [0.1, 0.15) is 5.75 Å². The molecule has 0 radical (unpaired) electrons. The lowest BCUT2D eigenvalue weighted by atomic mass is 10.2. The Hall–Kier alpha value is -2.09. The van der Waals surface area contributed by atoms with Crippen molar-refractivity contribution in [3.05, 3.63) is 51.6 Å². The first-order valence-corrected chi connectivity index (χ1v) is 8.08. The lowest BCUT2D eigenvalue weighted by molar-refractivity contribution is -0.118. The van der Waals surface area contributed by atoms with E-state index in [2.05, 4.69) is 33.2 Å². The molecule has 0 saturated heterocycles. The molecule has 0 heterocycles. The number of benzene rings is 2. The summed E-state index contributed by atoms with van der Waals surface area (Å²) in [5.41, 5.74) is 2.47. The van der Waals surface area contributed by atoms with Crippen LogP contribution >= 0.6 is 22.6 Å². The number of anilines is 2. The van der Waals surface area contributed by atoms with E-state index in [1.54, 1.807) is 24.3 Å². The van der Waals surface area contributed by atoms with Crippen molar-refractivity contribution in [1.29, 1.82) is 0 Å². The second-order valence-electron chi connectivity index (χ2n) is 5.00. The van der Waals surface area contributed by atoms with Crippen molar-refractivity contribution in [1.82, 2.24) is 0 Å². The Morgan fingerprint density at radius 2 is 1.78 bits per heavy atom. The highest BCUT2D eigenvalue weighted by molar-refractivity contribution is 14.1. The molecule has 0 spiro atoms. The fourth-order valence-corrected chi connectivity index (χ4v) is 2.59. The summed E-state index contributed by atoms with van der Waals surface area (Å²) in [6.45, 7) is 3.31. The van der Waals surface area contributed by atoms with Gasteiger partial charge in [0.25, 0.3) is 5.91 Å². The van der Waals surface area contributed by atoms with Crippen LogP contribution < -0.4 is 15.4 Å². The minimum absolute atomic E-state index is 0.0785. The first-order valence-electron chi connectivity index (χ1n) is 7.00. The number of amides is 2. The van der Waals surface area contributed by atoms with Crippen molar-refractivity contribution in [2.45, 2.75) is 13.8 Å². The van der Waals surface area contributed by atoms with E-state index in [1.807, 2.05) is 25.1 Å². The van der Waals surface area contributed by atoms with Crippen LogP contribution in [-0.4, -0.2) is 18.4 Å². The molecule has 120 valence electrons. The number of rotatable bonds is 5. The third-order valence-corrected chi connectivity index (χ3v) is 3.68. The van der Waals surface area contributed by atoms with E-state index in [1.165, 1.54) is 6.92 Å². The van der Waals surface area contributed by atoms with E-state index >= 15 is 0 Å². The summed E-state index contributed by atoms with van der Waals surface area (Å²) >= 11 is 2.23. The molecule has 2 rings (SSSR count). The standard InChI is InChI=1S/C17H17IN2O3/c1-11-9-13(18)3-8-16(11)20-17(22)10-23-15-6-4-14(5-7-15)19-12(2)21/h3-9H,10H2,1-2H3,(H,19,21)(H,20,22). The van der Waals surface area contributed by atoms with Crippen LogP contribution in [0.4, 0.5) is 11.4 Å². The molecule has 0 bridgehead atoms. The smallest absolute Gasteiger partial charge is 0.262 e. The quantitative estimate of drug-likeness (QED) is 0.722. The molecule has 0 aliphatic carbocycles. The van der Waals surface area contributed by atoms with Gasteiger partial charge in [-0.2, -0.15) is 0 Å². The zero-order valence-electron chi connectivity index (χ0n) is 12.9. The lowest BCUT2D eigenvalue weighted by Gasteiger charge is -2.10. The molecule has 0 aliphatic rings. The maximum Gasteiger partial charge on any atom is 0.262 e. The number of hydrogen-bond donors (Lipinski definition) is 2. The molecular formula is C17H17IN2O3. The molecule has 0 aromatic heterocycles. The normalized spacial score (nSPS) is 10.0. The van der Waals surface area contributed by atoms with Crippen molar-refractivity contribution in [3.8, 4) is 5.75 Å². The Labute approximate surface area is 148 Å². The average Bonchev–Trinajstić information content (AvgIpc) is 2.49. The van der Waals surface area contributed by atoms with E-state index in [0.717, 1.165) is 14.8 Å². The maximum absolute atomic E-state index is 11.9. The number of aryl methyl sites for hydroxylation is 1. The van der Waals surface area contributed by atoms with Crippen molar-refractivity contribution >= 4 is 45.8 Å². The molecule has 0 saturated carbocycles. The molecule has 6 heteroatoms. The van der Waals surface area contributed by atoms with Crippen LogP contribution in [-0.2, 0) is 9.59 Å². The highest BCUT2D eigenvalue weighted by Gasteiger charge is 2.06. The molecule has 2 aromatic carbocycles. The number of hydrogen-bond acceptors (Lipinski definition) is 3. The molecule has 0 atom stereocenters. The molecule has 2 N–H and O–H groups in total. The van der Waals surface area contributed by atoms with Crippen LogP contribution in [0.3, 0.4) is 0 Å². The monoisotopic (exact) mass is 424 g/mol. The van der Waals surface area contributed by atoms with Gasteiger partial charge in [0, 0.05) is 21.9 Å². The third-order valence-electron chi connectivity index (χ3n) is 3.01. The first-order chi connectivity index (χ1) is 10.9. The molecule has 5 nitrogen and oxygen atoms in total. The van der Waals surface area contributed by atoms with E-state index in [0.29, 0.717) is 11.4 Å². The number of halogens is 1. The van der Waals surface area contributed by atoms with Gasteiger partial charge in [-0.25, -0.2) is 0 Å². The Morgan fingerprint density at radius 1 is 1.09 bits per heavy atom. The van der Waals surface area contributed by atoms with Gasteiger partial charge in [-0.1, -0.05) is 0 Å². The number of carbonyl (C=O) groups excluding carboxylic acids is 2. The van der Waals surface area contributed by atoms with E-state index < -0.39 is 0 Å². The van der Waals surface area contributed by atoms with E-state index in [9.17, 15) is 9.59 Å².